The molecule has 0 fully saturated rings. The van der Waals surface area contributed by atoms with Gasteiger partial charge in [-0.1, -0.05) is 5.16 Å². The van der Waals surface area contributed by atoms with Crippen LogP contribution in [0.5, 0.6) is 0 Å². The van der Waals surface area contributed by atoms with Crippen LogP contribution in [-0.4, -0.2) is 23.2 Å². The van der Waals surface area contributed by atoms with Gasteiger partial charge in [0.05, 0.1) is 5.71 Å². The van der Waals surface area contributed by atoms with Crippen LogP contribution in [0.15, 0.2) is 21.9 Å². The van der Waals surface area contributed by atoms with Crippen LogP contribution in [0.1, 0.15) is 18.9 Å². The first-order valence-electron chi connectivity index (χ1n) is 4.82. The van der Waals surface area contributed by atoms with E-state index in [1.807, 2.05) is 12.1 Å². The van der Waals surface area contributed by atoms with Crippen LogP contribution < -0.4 is 5.32 Å². The zero-order valence-electron chi connectivity index (χ0n) is 8.66. The third-order valence-electron chi connectivity index (χ3n) is 2.11. The molecular weight excluding hydrogens is 274 g/mol. The standard InChI is InChI=1S/C10H10BrN3O2/c1-6(15)16-14-8-4-5-12-10-7(8)2-3-9(11)13-10/h2-3H,4-5H2,1H3,(H,12,13)/b14-8+. The molecule has 0 bridgehead atoms. The quantitative estimate of drug-likeness (QED) is 0.486. The average molecular weight is 284 g/mol. The van der Waals surface area contributed by atoms with Gasteiger partial charge in [-0.15, -0.1) is 0 Å². The number of pyridine rings is 1. The number of oxime groups is 1. The van der Waals surface area contributed by atoms with Crippen molar-refractivity contribution in [3.63, 3.8) is 0 Å². The second-order valence-corrected chi connectivity index (χ2v) is 4.14. The zero-order valence-corrected chi connectivity index (χ0v) is 10.2. The van der Waals surface area contributed by atoms with Gasteiger partial charge >= 0.3 is 5.97 Å². The summed E-state index contributed by atoms with van der Waals surface area (Å²) in [7, 11) is 0. The van der Waals surface area contributed by atoms with Crippen molar-refractivity contribution in [2.24, 2.45) is 5.16 Å². The lowest BCUT2D eigenvalue weighted by atomic mass is 10.1. The first kappa shape index (κ1) is 11.1. The van der Waals surface area contributed by atoms with Crippen LogP contribution in [0, 0.1) is 0 Å². The Kier molecular flexibility index (Phi) is 3.19. The monoisotopic (exact) mass is 283 g/mol. The minimum atomic E-state index is -0.419. The van der Waals surface area contributed by atoms with E-state index in [9.17, 15) is 4.79 Å². The van der Waals surface area contributed by atoms with Crippen LogP contribution >= 0.6 is 15.9 Å². The molecule has 0 saturated heterocycles. The summed E-state index contributed by atoms with van der Waals surface area (Å²) in [5, 5.41) is 6.98. The topological polar surface area (TPSA) is 63.6 Å². The Bertz CT molecular complexity index is 459. The molecule has 0 radical (unpaired) electrons. The normalized spacial score (nSPS) is 16.5. The number of hydrogen-bond acceptors (Lipinski definition) is 5. The molecule has 0 aliphatic carbocycles. The number of rotatable bonds is 1. The van der Waals surface area contributed by atoms with Gasteiger partial charge in [0.2, 0.25) is 0 Å². The van der Waals surface area contributed by atoms with Gasteiger partial charge in [0.25, 0.3) is 0 Å². The Balaban J connectivity index is 2.33. The first-order chi connectivity index (χ1) is 7.66. The molecule has 1 aliphatic rings. The third-order valence-corrected chi connectivity index (χ3v) is 2.55. The molecule has 84 valence electrons. The highest BCUT2D eigenvalue weighted by Crippen LogP contribution is 2.22. The molecule has 0 saturated carbocycles. The Labute approximate surface area is 101 Å². The number of carbonyl (C=O) groups excluding carboxylic acids is 1. The van der Waals surface area contributed by atoms with E-state index < -0.39 is 5.97 Å². The van der Waals surface area contributed by atoms with Crippen molar-refractivity contribution < 1.29 is 9.63 Å². The number of nitrogens with zero attached hydrogens (tertiary/aromatic N) is 2. The summed E-state index contributed by atoms with van der Waals surface area (Å²) >= 11 is 3.30. The van der Waals surface area contributed by atoms with E-state index in [1.165, 1.54) is 6.92 Å². The highest BCUT2D eigenvalue weighted by Gasteiger charge is 2.17. The smallest absolute Gasteiger partial charge is 0.331 e. The summed E-state index contributed by atoms with van der Waals surface area (Å²) in [5.74, 6) is 0.337. The van der Waals surface area contributed by atoms with Gasteiger partial charge in [-0.2, -0.15) is 0 Å². The molecular formula is C10H10BrN3O2. The first-order valence-corrected chi connectivity index (χ1v) is 5.61. The number of nitrogens with one attached hydrogen (secondary N) is 1. The van der Waals surface area contributed by atoms with Gasteiger partial charge in [0.1, 0.15) is 10.4 Å². The van der Waals surface area contributed by atoms with E-state index in [0.29, 0.717) is 6.42 Å². The van der Waals surface area contributed by atoms with Crippen molar-refractivity contribution in [1.82, 2.24) is 4.98 Å². The van der Waals surface area contributed by atoms with E-state index in [1.54, 1.807) is 0 Å². The largest absolute Gasteiger partial charge is 0.369 e. The minimum absolute atomic E-state index is 0.419. The fourth-order valence-corrected chi connectivity index (χ4v) is 1.76. The van der Waals surface area contributed by atoms with Crippen LogP contribution in [0.2, 0.25) is 0 Å². The molecule has 1 aliphatic heterocycles. The summed E-state index contributed by atoms with van der Waals surface area (Å²) in [6.07, 6.45) is 0.712. The Morgan fingerprint density at radius 3 is 3.19 bits per heavy atom. The number of anilines is 1. The van der Waals surface area contributed by atoms with Gasteiger partial charge < -0.3 is 10.2 Å². The minimum Gasteiger partial charge on any atom is -0.369 e. The highest BCUT2D eigenvalue weighted by atomic mass is 79.9. The number of fused-ring (bicyclic) bond motifs is 1. The lowest BCUT2D eigenvalue weighted by Crippen LogP contribution is -2.20. The van der Waals surface area contributed by atoms with Gasteiger partial charge in [-0.05, 0) is 28.1 Å². The zero-order chi connectivity index (χ0) is 11.5. The Morgan fingerprint density at radius 2 is 2.44 bits per heavy atom. The molecule has 0 atom stereocenters. The molecule has 5 nitrogen and oxygen atoms in total. The lowest BCUT2D eigenvalue weighted by Gasteiger charge is -2.17. The molecule has 1 aromatic heterocycles. The highest BCUT2D eigenvalue weighted by molar-refractivity contribution is 9.10. The molecule has 2 rings (SSSR count). The molecule has 2 heterocycles. The summed E-state index contributed by atoms with van der Waals surface area (Å²) in [6, 6.07) is 3.72. The van der Waals surface area contributed by atoms with Gasteiger partial charge in [-0.25, -0.2) is 9.78 Å². The number of carbonyl (C=O) groups is 1. The molecule has 1 aromatic rings. The summed E-state index contributed by atoms with van der Waals surface area (Å²) in [5.41, 5.74) is 1.61. The number of hydrogen-bond donors (Lipinski definition) is 1. The maximum absolute atomic E-state index is 10.7. The van der Waals surface area contributed by atoms with Crippen molar-refractivity contribution in [2.45, 2.75) is 13.3 Å². The third kappa shape index (κ3) is 2.38. The molecule has 0 aromatic carbocycles. The van der Waals surface area contributed by atoms with E-state index >= 15 is 0 Å². The molecule has 1 N–H and O–H groups in total. The summed E-state index contributed by atoms with van der Waals surface area (Å²) in [4.78, 5) is 19.6. The van der Waals surface area contributed by atoms with E-state index in [-0.39, 0.29) is 0 Å². The SMILES string of the molecule is CC(=O)O/N=C1\CCNc2nc(Br)ccc21. The van der Waals surface area contributed by atoms with Crippen molar-refractivity contribution in [3.8, 4) is 0 Å². The van der Waals surface area contributed by atoms with Crippen LogP contribution in [-0.2, 0) is 9.63 Å². The van der Waals surface area contributed by atoms with Crippen molar-refractivity contribution in [3.05, 3.63) is 22.3 Å². The van der Waals surface area contributed by atoms with Gasteiger partial charge in [0, 0.05) is 25.5 Å². The second kappa shape index (κ2) is 4.61. The second-order valence-electron chi connectivity index (χ2n) is 3.33. The lowest BCUT2D eigenvalue weighted by molar-refractivity contribution is -0.140. The Hall–Kier alpha value is -1.43. The fourth-order valence-electron chi connectivity index (χ4n) is 1.45. The summed E-state index contributed by atoms with van der Waals surface area (Å²) in [6.45, 7) is 2.06. The molecule has 16 heavy (non-hydrogen) atoms. The fraction of sp³-hybridized carbons (Fsp3) is 0.300. The molecule has 0 amide bonds. The van der Waals surface area contributed by atoms with Crippen molar-refractivity contribution in [1.29, 1.82) is 0 Å². The molecule has 0 unspecified atom stereocenters. The molecule has 6 heteroatoms. The van der Waals surface area contributed by atoms with Crippen LogP contribution in [0.3, 0.4) is 0 Å². The van der Waals surface area contributed by atoms with E-state index in [0.717, 1.165) is 28.2 Å². The van der Waals surface area contributed by atoms with Crippen LogP contribution in [0.25, 0.3) is 0 Å². The van der Waals surface area contributed by atoms with Gasteiger partial charge in [-0.3, -0.25) is 0 Å². The number of aromatic nitrogens is 1. The predicted molar refractivity (Wildman–Crippen MR) is 63.3 cm³/mol. The number of halogens is 1. The van der Waals surface area contributed by atoms with Gasteiger partial charge in [0.15, 0.2) is 0 Å². The van der Waals surface area contributed by atoms with Crippen LogP contribution in [0.4, 0.5) is 5.82 Å². The van der Waals surface area contributed by atoms with E-state index in [2.05, 4.69) is 36.2 Å². The maximum atomic E-state index is 10.7. The molecule has 0 spiro atoms. The van der Waals surface area contributed by atoms with Crippen molar-refractivity contribution >= 4 is 33.4 Å². The maximum Gasteiger partial charge on any atom is 0.331 e. The summed E-state index contributed by atoms with van der Waals surface area (Å²) < 4.78 is 0.757. The Morgan fingerprint density at radius 1 is 1.62 bits per heavy atom. The average Bonchev–Trinajstić information content (AvgIpc) is 2.25. The van der Waals surface area contributed by atoms with E-state index in [4.69, 9.17) is 0 Å². The van der Waals surface area contributed by atoms with Crippen molar-refractivity contribution in [2.75, 3.05) is 11.9 Å². The predicted octanol–water partition coefficient (Wildman–Crippen LogP) is 1.93.